The Balaban J connectivity index is 1.40. The number of hydrogen-bond acceptors (Lipinski definition) is 5. The van der Waals surface area contributed by atoms with Crippen LogP contribution in [0.1, 0.15) is 17.5 Å². The zero-order valence-electron chi connectivity index (χ0n) is 18.0. The topological polar surface area (TPSA) is 54.0 Å². The van der Waals surface area contributed by atoms with E-state index in [0.717, 1.165) is 56.0 Å². The molecule has 1 saturated heterocycles. The van der Waals surface area contributed by atoms with Crippen LogP contribution in [0, 0.1) is 0 Å². The second kappa shape index (κ2) is 9.73. The summed E-state index contributed by atoms with van der Waals surface area (Å²) >= 11 is 6.12. The van der Waals surface area contributed by atoms with Gasteiger partial charge in [0.05, 0.1) is 13.7 Å². The first-order chi connectivity index (χ1) is 15.0. The maximum atomic E-state index is 12.4. The van der Waals surface area contributed by atoms with E-state index in [4.69, 9.17) is 21.1 Å². The van der Waals surface area contributed by atoms with Crippen LogP contribution in [0.3, 0.4) is 0 Å². The summed E-state index contributed by atoms with van der Waals surface area (Å²) in [5.74, 6) is 1.22. The van der Waals surface area contributed by atoms with Crippen molar-refractivity contribution in [1.29, 1.82) is 0 Å². The minimum Gasteiger partial charge on any atom is -0.493 e. The van der Waals surface area contributed by atoms with Crippen molar-refractivity contribution < 1.29 is 14.3 Å². The van der Waals surface area contributed by atoms with Crippen molar-refractivity contribution in [3.05, 3.63) is 52.5 Å². The Morgan fingerprint density at radius 1 is 1.10 bits per heavy atom. The molecule has 2 aliphatic heterocycles. The first kappa shape index (κ1) is 21.7. The quantitative estimate of drug-likeness (QED) is 0.522. The van der Waals surface area contributed by atoms with Crippen LogP contribution >= 0.6 is 11.6 Å². The lowest BCUT2D eigenvalue weighted by molar-refractivity contribution is -0.110. The number of piperazine rings is 1. The van der Waals surface area contributed by atoms with Crippen LogP contribution in [0.15, 0.2) is 36.4 Å². The predicted molar refractivity (Wildman–Crippen MR) is 125 cm³/mol. The zero-order valence-corrected chi connectivity index (χ0v) is 18.7. The average molecular weight is 442 g/mol. The van der Waals surface area contributed by atoms with E-state index in [-0.39, 0.29) is 5.91 Å². The number of carbonyl (C=O) groups is 1. The zero-order chi connectivity index (χ0) is 21.8. The number of hydrogen-bond donors (Lipinski definition) is 1. The van der Waals surface area contributed by atoms with Crippen molar-refractivity contribution in [2.75, 3.05) is 58.8 Å². The molecule has 31 heavy (non-hydrogen) atoms. The van der Waals surface area contributed by atoms with E-state index in [1.807, 2.05) is 30.3 Å². The molecule has 0 bridgehead atoms. The second-order valence-corrected chi connectivity index (χ2v) is 8.40. The van der Waals surface area contributed by atoms with Crippen LogP contribution in [-0.4, -0.2) is 69.2 Å². The number of amides is 1. The van der Waals surface area contributed by atoms with Crippen LogP contribution in [-0.2, 0) is 4.79 Å². The molecule has 0 atom stereocenters. The van der Waals surface area contributed by atoms with Gasteiger partial charge in [-0.1, -0.05) is 17.7 Å². The van der Waals surface area contributed by atoms with Gasteiger partial charge in [0.1, 0.15) is 0 Å². The van der Waals surface area contributed by atoms with Gasteiger partial charge in [0.25, 0.3) is 5.91 Å². The number of likely N-dealkylation sites (N-methyl/N-ethyl adjacent to an activating group) is 1. The van der Waals surface area contributed by atoms with Crippen molar-refractivity contribution in [2.45, 2.75) is 6.42 Å². The Bertz CT molecular complexity index is 984. The highest BCUT2D eigenvalue weighted by Gasteiger charge is 2.24. The van der Waals surface area contributed by atoms with Gasteiger partial charge < -0.3 is 24.6 Å². The van der Waals surface area contributed by atoms with Crippen molar-refractivity contribution >= 4 is 34.8 Å². The summed E-state index contributed by atoms with van der Waals surface area (Å²) in [6.07, 6.45) is 2.81. The molecule has 4 rings (SSSR count). The summed E-state index contributed by atoms with van der Waals surface area (Å²) in [6.45, 7) is 6.16. The molecule has 0 aromatic heterocycles. The third-order valence-electron chi connectivity index (χ3n) is 5.74. The minimum absolute atomic E-state index is 0.138. The first-order valence-corrected chi connectivity index (χ1v) is 11.0. The number of halogens is 1. The number of nitrogens with zero attached hydrogens (tertiary/aromatic N) is 2. The summed E-state index contributed by atoms with van der Waals surface area (Å²) < 4.78 is 11.5. The summed E-state index contributed by atoms with van der Waals surface area (Å²) in [6, 6.07) is 11.1. The van der Waals surface area contributed by atoms with Gasteiger partial charge in [-0.25, -0.2) is 0 Å². The number of anilines is 1. The standard InChI is InChI=1S/C24H28ClN3O3/c1-27-9-11-28(12-10-27)8-3-13-31-22-7-4-17(15-23(22)30-2)14-20-19-16-18(25)5-6-21(19)26-24(20)29/h4-7,14-16H,3,8-13H2,1-2H3,(H,26,29)/b20-14-. The fourth-order valence-corrected chi connectivity index (χ4v) is 4.08. The Morgan fingerprint density at radius 3 is 2.68 bits per heavy atom. The number of nitrogens with one attached hydrogen (secondary N) is 1. The summed E-state index contributed by atoms with van der Waals surface area (Å²) in [7, 11) is 3.79. The molecule has 1 fully saturated rings. The van der Waals surface area contributed by atoms with E-state index >= 15 is 0 Å². The molecule has 0 radical (unpaired) electrons. The Morgan fingerprint density at radius 2 is 1.90 bits per heavy atom. The van der Waals surface area contributed by atoms with Crippen molar-refractivity contribution in [3.8, 4) is 11.5 Å². The highest BCUT2D eigenvalue weighted by atomic mass is 35.5. The van der Waals surface area contributed by atoms with Gasteiger partial charge in [0.15, 0.2) is 11.5 Å². The van der Waals surface area contributed by atoms with Crippen LogP contribution in [0.2, 0.25) is 5.02 Å². The third kappa shape index (κ3) is 5.21. The highest BCUT2D eigenvalue weighted by molar-refractivity contribution is 6.36. The molecular weight excluding hydrogens is 414 g/mol. The van der Waals surface area contributed by atoms with Crippen LogP contribution < -0.4 is 14.8 Å². The fraction of sp³-hybridized carbons (Fsp3) is 0.375. The van der Waals surface area contributed by atoms with Crippen molar-refractivity contribution in [3.63, 3.8) is 0 Å². The highest BCUT2D eigenvalue weighted by Crippen LogP contribution is 2.36. The lowest BCUT2D eigenvalue weighted by Crippen LogP contribution is -2.44. The third-order valence-corrected chi connectivity index (χ3v) is 5.97. The van der Waals surface area contributed by atoms with Crippen molar-refractivity contribution in [1.82, 2.24) is 9.80 Å². The normalized spacial score (nSPS) is 18.2. The monoisotopic (exact) mass is 441 g/mol. The Kier molecular flexibility index (Phi) is 6.80. The van der Waals surface area contributed by atoms with Crippen LogP contribution in [0.5, 0.6) is 11.5 Å². The molecule has 0 spiro atoms. The van der Waals surface area contributed by atoms with Gasteiger partial charge in [-0.15, -0.1) is 0 Å². The van der Waals surface area contributed by atoms with E-state index in [0.29, 0.717) is 28.7 Å². The number of rotatable bonds is 7. The van der Waals surface area contributed by atoms with Crippen molar-refractivity contribution in [2.24, 2.45) is 0 Å². The van der Waals surface area contributed by atoms with Gasteiger partial charge in [0, 0.05) is 54.6 Å². The Hall–Kier alpha value is -2.54. The molecule has 0 unspecified atom stereocenters. The fourth-order valence-electron chi connectivity index (χ4n) is 3.91. The lowest BCUT2D eigenvalue weighted by Gasteiger charge is -2.32. The van der Waals surface area contributed by atoms with Gasteiger partial charge in [-0.05, 0) is 55.4 Å². The first-order valence-electron chi connectivity index (χ1n) is 10.6. The summed E-state index contributed by atoms with van der Waals surface area (Å²) in [5, 5.41) is 3.47. The van der Waals surface area contributed by atoms with Gasteiger partial charge in [-0.2, -0.15) is 0 Å². The number of methoxy groups -OCH3 is 1. The molecule has 2 aromatic carbocycles. The molecule has 6 nitrogen and oxygen atoms in total. The minimum atomic E-state index is -0.138. The molecular formula is C24H28ClN3O3. The molecule has 1 N–H and O–H groups in total. The second-order valence-electron chi connectivity index (χ2n) is 7.96. The number of carbonyl (C=O) groups excluding carboxylic acids is 1. The SMILES string of the molecule is COc1cc(/C=C2\C(=O)Nc3ccc(Cl)cc32)ccc1OCCCN1CCN(C)CC1. The summed E-state index contributed by atoms with van der Waals surface area (Å²) in [5.41, 5.74) is 3.02. The summed E-state index contributed by atoms with van der Waals surface area (Å²) in [4.78, 5) is 17.2. The van der Waals surface area contributed by atoms with Gasteiger partial charge >= 0.3 is 0 Å². The van der Waals surface area contributed by atoms with Gasteiger partial charge in [-0.3, -0.25) is 4.79 Å². The lowest BCUT2D eigenvalue weighted by atomic mass is 10.0. The van der Waals surface area contributed by atoms with E-state index in [9.17, 15) is 4.79 Å². The molecule has 0 saturated carbocycles. The maximum absolute atomic E-state index is 12.4. The number of ether oxygens (including phenoxy) is 2. The van der Waals surface area contributed by atoms with E-state index in [1.54, 1.807) is 19.2 Å². The van der Waals surface area contributed by atoms with Crippen LogP contribution in [0.25, 0.3) is 11.6 Å². The Labute approximate surface area is 188 Å². The molecule has 0 aliphatic carbocycles. The smallest absolute Gasteiger partial charge is 0.256 e. The largest absolute Gasteiger partial charge is 0.493 e. The van der Waals surface area contributed by atoms with E-state index in [1.165, 1.54) is 0 Å². The van der Waals surface area contributed by atoms with E-state index in [2.05, 4.69) is 22.2 Å². The molecule has 7 heteroatoms. The maximum Gasteiger partial charge on any atom is 0.256 e. The number of benzene rings is 2. The molecule has 164 valence electrons. The van der Waals surface area contributed by atoms with Crippen LogP contribution in [0.4, 0.5) is 5.69 Å². The van der Waals surface area contributed by atoms with Gasteiger partial charge in [0.2, 0.25) is 0 Å². The molecule has 1 amide bonds. The molecule has 2 heterocycles. The van der Waals surface area contributed by atoms with E-state index < -0.39 is 0 Å². The number of fused-ring (bicyclic) bond motifs is 1. The molecule has 2 aliphatic rings. The average Bonchev–Trinajstić information content (AvgIpc) is 3.07. The molecule has 2 aromatic rings. The predicted octanol–water partition coefficient (Wildman–Crippen LogP) is 3.86.